The number of carbonyl (C=O) groups excluding carboxylic acids is 2. The third-order valence-electron chi connectivity index (χ3n) is 1.40. The molecule has 0 aliphatic heterocycles. The minimum absolute atomic E-state index is 0.179. The van der Waals surface area contributed by atoms with E-state index >= 15 is 0 Å². The summed E-state index contributed by atoms with van der Waals surface area (Å²) in [6, 6.07) is 0. The van der Waals surface area contributed by atoms with Crippen LogP contribution in [0, 0.1) is 0 Å². The van der Waals surface area contributed by atoms with E-state index in [4.69, 9.17) is 10.2 Å². The molecule has 18 heavy (non-hydrogen) atoms. The second-order valence-corrected chi connectivity index (χ2v) is 2.82. The maximum Gasteiger partial charge on any atom is 0.335 e. The molecule has 0 rings (SSSR count). The number of aliphatic hydroxyl groups excluding tert-OH is 1. The number of carbonyl (C=O) groups is 3. The van der Waals surface area contributed by atoms with Gasteiger partial charge in [0.1, 0.15) is 0 Å². The fourth-order valence-corrected chi connectivity index (χ4v) is 0.700. The van der Waals surface area contributed by atoms with Gasteiger partial charge in [-0.15, -0.1) is 0 Å². The molecule has 0 aromatic rings. The summed E-state index contributed by atoms with van der Waals surface area (Å²) in [5, 5.41) is 16.7. The molecule has 0 saturated carbocycles. The monoisotopic (exact) mass is 262 g/mol. The second kappa shape index (κ2) is 11.6. The summed E-state index contributed by atoms with van der Waals surface area (Å²) < 4.78 is 9.02. The Labute approximate surface area is 105 Å². The van der Waals surface area contributed by atoms with Gasteiger partial charge >= 0.3 is 17.9 Å². The topological polar surface area (TPSA) is 110 Å². The van der Waals surface area contributed by atoms with E-state index in [-0.39, 0.29) is 19.6 Å². The van der Waals surface area contributed by atoms with Crippen LogP contribution in [0.25, 0.3) is 0 Å². The number of aliphatic hydroxyl groups is 1. The SMILES string of the molecule is C=CC(=O)O.CCOC(=O)CC(O)C(=O)OCC. The van der Waals surface area contributed by atoms with Crippen molar-refractivity contribution in [2.24, 2.45) is 0 Å². The zero-order valence-corrected chi connectivity index (χ0v) is 10.4. The van der Waals surface area contributed by atoms with Crippen LogP contribution in [-0.4, -0.2) is 47.4 Å². The first-order chi connectivity index (χ1) is 8.38. The number of ether oxygens (including phenoxy) is 2. The zero-order chi connectivity index (χ0) is 14.6. The molecule has 0 aliphatic rings. The zero-order valence-electron chi connectivity index (χ0n) is 10.4. The van der Waals surface area contributed by atoms with E-state index in [1.54, 1.807) is 13.8 Å². The van der Waals surface area contributed by atoms with Crippen LogP contribution in [0.1, 0.15) is 20.3 Å². The molecule has 104 valence electrons. The summed E-state index contributed by atoms with van der Waals surface area (Å²) in [5.74, 6) is -2.39. The Morgan fingerprint density at radius 2 is 1.67 bits per heavy atom. The van der Waals surface area contributed by atoms with Crippen LogP contribution >= 0.6 is 0 Å². The summed E-state index contributed by atoms with van der Waals surface area (Å²) in [7, 11) is 0. The molecule has 0 aromatic heterocycles. The first-order valence-corrected chi connectivity index (χ1v) is 5.24. The fourth-order valence-electron chi connectivity index (χ4n) is 0.700. The Morgan fingerprint density at radius 1 is 1.22 bits per heavy atom. The van der Waals surface area contributed by atoms with Crippen molar-refractivity contribution in [1.82, 2.24) is 0 Å². The molecular weight excluding hydrogens is 244 g/mol. The van der Waals surface area contributed by atoms with Gasteiger partial charge in [0.2, 0.25) is 0 Å². The van der Waals surface area contributed by atoms with Crippen molar-refractivity contribution in [1.29, 1.82) is 0 Å². The summed E-state index contributed by atoms with van der Waals surface area (Å²) >= 11 is 0. The first kappa shape index (κ1) is 18.5. The molecule has 0 aromatic carbocycles. The third kappa shape index (κ3) is 12.2. The average Bonchev–Trinajstić information content (AvgIpc) is 2.30. The van der Waals surface area contributed by atoms with Crippen LogP contribution < -0.4 is 0 Å². The smallest absolute Gasteiger partial charge is 0.335 e. The van der Waals surface area contributed by atoms with E-state index in [1.807, 2.05) is 0 Å². The van der Waals surface area contributed by atoms with Gasteiger partial charge < -0.3 is 19.7 Å². The van der Waals surface area contributed by atoms with Gasteiger partial charge in [0, 0.05) is 6.08 Å². The predicted octanol–water partition coefficient (Wildman–Crippen LogP) is 0.121. The Hall–Kier alpha value is -1.89. The van der Waals surface area contributed by atoms with Crippen LogP contribution in [0.4, 0.5) is 0 Å². The minimum Gasteiger partial charge on any atom is -0.478 e. The second-order valence-electron chi connectivity index (χ2n) is 2.82. The van der Waals surface area contributed by atoms with Crippen molar-refractivity contribution < 1.29 is 34.1 Å². The number of carboxylic acid groups (broad SMARTS) is 1. The Bertz CT molecular complexity index is 285. The number of carboxylic acids is 1. The van der Waals surface area contributed by atoms with E-state index in [2.05, 4.69) is 16.1 Å². The maximum absolute atomic E-state index is 10.8. The molecule has 0 bridgehead atoms. The standard InChI is InChI=1S/C8H14O5.C3H4O2/c1-3-12-7(10)5-6(9)8(11)13-4-2;1-2-3(4)5/h6,9H,3-5H2,1-2H3;2H,1H2,(H,4,5). The summed E-state index contributed by atoms with van der Waals surface area (Å²) in [6.45, 7) is 6.64. The molecule has 2 N–H and O–H groups in total. The molecule has 7 heteroatoms. The molecule has 0 spiro atoms. The van der Waals surface area contributed by atoms with Gasteiger partial charge in [-0.1, -0.05) is 6.58 Å². The highest BCUT2D eigenvalue weighted by Gasteiger charge is 2.20. The van der Waals surface area contributed by atoms with Crippen molar-refractivity contribution in [2.45, 2.75) is 26.4 Å². The predicted molar refractivity (Wildman–Crippen MR) is 61.7 cm³/mol. The summed E-state index contributed by atoms with van der Waals surface area (Å²) in [6.07, 6.45) is -0.939. The van der Waals surface area contributed by atoms with E-state index in [0.717, 1.165) is 6.08 Å². The highest BCUT2D eigenvalue weighted by atomic mass is 16.6. The van der Waals surface area contributed by atoms with Gasteiger partial charge in [-0.3, -0.25) is 4.79 Å². The average molecular weight is 262 g/mol. The van der Waals surface area contributed by atoms with E-state index in [0.29, 0.717) is 0 Å². The molecule has 0 amide bonds. The molecule has 0 heterocycles. The third-order valence-corrected chi connectivity index (χ3v) is 1.40. The normalized spacial score (nSPS) is 10.4. The lowest BCUT2D eigenvalue weighted by Gasteiger charge is -2.08. The molecule has 0 radical (unpaired) electrons. The van der Waals surface area contributed by atoms with Gasteiger partial charge in [0.25, 0.3) is 0 Å². The van der Waals surface area contributed by atoms with Gasteiger partial charge in [-0.05, 0) is 13.8 Å². The highest BCUT2D eigenvalue weighted by Crippen LogP contribution is 1.97. The van der Waals surface area contributed by atoms with E-state index in [9.17, 15) is 14.4 Å². The van der Waals surface area contributed by atoms with Crippen molar-refractivity contribution >= 4 is 17.9 Å². The van der Waals surface area contributed by atoms with Crippen molar-refractivity contribution in [3.8, 4) is 0 Å². The van der Waals surface area contributed by atoms with Crippen molar-refractivity contribution in [3.05, 3.63) is 12.7 Å². The summed E-state index contributed by atoms with van der Waals surface area (Å²) in [4.78, 5) is 30.8. The number of hydrogen-bond acceptors (Lipinski definition) is 6. The summed E-state index contributed by atoms with van der Waals surface area (Å²) in [5.41, 5.74) is 0. The van der Waals surface area contributed by atoms with Gasteiger partial charge in [0.15, 0.2) is 6.10 Å². The number of aliphatic carboxylic acids is 1. The molecule has 7 nitrogen and oxygen atoms in total. The van der Waals surface area contributed by atoms with Crippen molar-refractivity contribution in [2.75, 3.05) is 13.2 Å². The Morgan fingerprint density at radius 3 is 2.00 bits per heavy atom. The number of esters is 2. The van der Waals surface area contributed by atoms with E-state index < -0.39 is 24.0 Å². The lowest BCUT2D eigenvalue weighted by atomic mass is 10.2. The lowest BCUT2D eigenvalue weighted by molar-refractivity contribution is -0.159. The molecule has 0 fully saturated rings. The molecule has 0 aliphatic carbocycles. The largest absolute Gasteiger partial charge is 0.478 e. The number of hydrogen-bond donors (Lipinski definition) is 2. The van der Waals surface area contributed by atoms with Gasteiger partial charge in [0.05, 0.1) is 19.6 Å². The number of rotatable bonds is 6. The van der Waals surface area contributed by atoms with Crippen LogP contribution in [0.3, 0.4) is 0 Å². The van der Waals surface area contributed by atoms with Crippen LogP contribution in [0.5, 0.6) is 0 Å². The highest BCUT2D eigenvalue weighted by molar-refractivity contribution is 5.81. The van der Waals surface area contributed by atoms with Gasteiger partial charge in [-0.2, -0.15) is 0 Å². The van der Waals surface area contributed by atoms with Gasteiger partial charge in [-0.25, -0.2) is 9.59 Å². The molecular formula is C11H18O7. The van der Waals surface area contributed by atoms with Crippen molar-refractivity contribution in [3.63, 3.8) is 0 Å². The van der Waals surface area contributed by atoms with Crippen LogP contribution in [0.15, 0.2) is 12.7 Å². The Kier molecular flexibility index (Phi) is 11.9. The Balaban J connectivity index is 0. The molecule has 1 atom stereocenters. The van der Waals surface area contributed by atoms with Crippen LogP contribution in [-0.2, 0) is 23.9 Å². The van der Waals surface area contributed by atoms with Crippen LogP contribution in [0.2, 0.25) is 0 Å². The first-order valence-electron chi connectivity index (χ1n) is 5.24. The minimum atomic E-state index is -1.42. The maximum atomic E-state index is 10.8. The van der Waals surface area contributed by atoms with E-state index in [1.165, 1.54) is 0 Å². The molecule has 1 unspecified atom stereocenters. The molecule has 0 saturated heterocycles. The fraction of sp³-hybridized carbons (Fsp3) is 0.545. The lowest BCUT2D eigenvalue weighted by Crippen LogP contribution is -2.26. The quantitative estimate of drug-likeness (QED) is 0.516.